The van der Waals surface area contributed by atoms with Crippen LogP contribution in [0.3, 0.4) is 0 Å². The van der Waals surface area contributed by atoms with Crippen molar-refractivity contribution in [2.45, 2.75) is 0 Å². The molecular weight excluding hydrogens is 298 g/mol. The minimum atomic E-state index is -0.208. The minimum absolute atomic E-state index is 0.0510. The average Bonchev–Trinajstić information content (AvgIpc) is 2.41. The summed E-state index contributed by atoms with van der Waals surface area (Å²) in [7, 11) is 0. The van der Waals surface area contributed by atoms with Crippen LogP contribution < -0.4 is 5.73 Å². The quantitative estimate of drug-likeness (QED) is 0.818. The second-order valence-electron chi connectivity index (χ2n) is 4.70. The molecule has 0 atom stereocenters. The summed E-state index contributed by atoms with van der Waals surface area (Å²) in [6.45, 7) is 3.15. The molecule has 7 heteroatoms. The van der Waals surface area contributed by atoms with E-state index in [1.54, 1.807) is 11.0 Å². The van der Waals surface area contributed by atoms with Gasteiger partial charge in [0.25, 0.3) is 5.91 Å². The number of hydrogen-bond donors (Lipinski definition) is 2. The van der Waals surface area contributed by atoms with E-state index in [2.05, 4.69) is 4.90 Å². The van der Waals surface area contributed by atoms with Crippen LogP contribution in [0.4, 0.5) is 0 Å². The van der Waals surface area contributed by atoms with Crippen molar-refractivity contribution in [3.05, 3.63) is 28.8 Å². The number of nitrogens with zero attached hydrogens (tertiary/aromatic N) is 2. The molecule has 1 fully saturated rings. The summed E-state index contributed by atoms with van der Waals surface area (Å²) < 4.78 is 0. The Hall–Kier alpha value is -1.37. The summed E-state index contributed by atoms with van der Waals surface area (Å²) >= 11 is 10.7. The van der Waals surface area contributed by atoms with E-state index in [1.165, 1.54) is 12.1 Å². The molecule has 1 aliphatic heterocycles. The molecule has 1 aliphatic rings. The third-order valence-corrected chi connectivity index (χ3v) is 3.59. The first-order chi connectivity index (χ1) is 9.47. The molecule has 0 radical (unpaired) electrons. The van der Waals surface area contributed by atoms with E-state index in [-0.39, 0.29) is 17.2 Å². The molecule has 0 bridgehead atoms. The molecule has 108 valence electrons. The topological polar surface area (TPSA) is 69.8 Å². The second-order valence-corrected chi connectivity index (χ2v) is 5.66. The van der Waals surface area contributed by atoms with E-state index in [0.29, 0.717) is 42.7 Å². The fourth-order valence-corrected chi connectivity index (χ4v) is 2.53. The van der Waals surface area contributed by atoms with E-state index in [0.717, 1.165) is 0 Å². The standard InChI is InChI=1S/C13H16ClN3O2S/c14-9-1-2-11(18)10(7-9)13(19)17-5-3-16(4-6-17)8-12(15)20/h1-2,7,18H,3-6,8H2,(H2,15,20). The molecule has 3 N–H and O–H groups in total. The average molecular weight is 314 g/mol. The molecule has 1 saturated heterocycles. The van der Waals surface area contributed by atoms with Crippen LogP contribution in [0.25, 0.3) is 0 Å². The van der Waals surface area contributed by atoms with Crippen LogP contribution in [-0.2, 0) is 0 Å². The van der Waals surface area contributed by atoms with E-state index < -0.39 is 0 Å². The number of phenolic OH excluding ortho intramolecular Hbond substituents is 1. The normalized spacial score (nSPS) is 16.1. The van der Waals surface area contributed by atoms with Gasteiger partial charge in [-0.3, -0.25) is 9.69 Å². The van der Waals surface area contributed by atoms with Gasteiger partial charge in [-0.05, 0) is 18.2 Å². The summed E-state index contributed by atoms with van der Waals surface area (Å²) in [5.74, 6) is -0.259. The Morgan fingerprint density at radius 2 is 2.00 bits per heavy atom. The molecule has 20 heavy (non-hydrogen) atoms. The number of thiocarbonyl (C=S) groups is 1. The maximum atomic E-state index is 12.3. The predicted octanol–water partition coefficient (Wildman–Crippen LogP) is 1.09. The Bertz CT molecular complexity index is 530. The first-order valence-electron chi connectivity index (χ1n) is 6.26. The number of aromatic hydroxyl groups is 1. The van der Waals surface area contributed by atoms with Gasteiger partial charge >= 0.3 is 0 Å². The number of halogens is 1. The van der Waals surface area contributed by atoms with Crippen LogP contribution in [0.1, 0.15) is 10.4 Å². The Balaban J connectivity index is 2.01. The number of rotatable bonds is 3. The first-order valence-corrected chi connectivity index (χ1v) is 7.04. The van der Waals surface area contributed by atoms with Crippen LogP contribution in [0.2, 0.25) is 5.02 Å². The minimum Gasteiger partial charge on any atom is -0.507 e. The molecule has 1 aromatic carbocycles. The molecule has 0 aliphatic carbocycles. The van der Waals surface area contributed by atoms with Gasteiger partial charge in [0.05, 0.1) is 10.6 Å². The SMILES string of the molecule is NC(=S)CN1CCN(C(=O)c2cc(Cl)ccc2O)CC1. The highest BCUT2D eigenvalue weighted by Crippen LogP contribution is 2.23. The molecule has 0 unspecified atom stereocenters. The Morgan fingerprint density at radius 1 is 1.35 bits per heavy atom. The smallest absolute Gasteiger partial charge is 0.257 e. The van der Waals surface area contributed by atoms with Crippen molar-refractivity contribution >= 4 is 34.7 Å². The summed E-state index contributed by atoms with van der Waals surface area (Å²) in [6, 6.07) is 4.47. The number of nitrogens with two attached hydrogens (primary N) is 1. The van der Waals surface area contributed by atoms with Gasteiger partial charge in [-0.15, -0.1) is 0 Å². The number of phenols is 1. The van der Waals surface area contributed by atoms with Gasteiger partial charge in [0.2, 0.25) is 0 Å². The second kappa shape index (κ2) is 6.39. The Labute approximate surface area is 127 Å². The van der Waals surface area contributed by atoms with E-state index in [1.807, 2.05) is 0 Å². The van der Waals surface area contributed by atoms with Crippen LogP contribution >= 0.6 is 23.8 Å². The van der Waals surface area contributed by atoms with Crippen molar-refractivity contribution in [2.75, 3.05) is 32.7 Å². The van der Waals surface area contributed by atoms with Gasteiger partial charge in [-0.1, -0.05) is 23.8 Å². The number of benzene rings is 1. The number of carbonyl (C=O) groups is 1. The van der Waals surface area contributed by atoms with E-state index in [4.69, 9.17) is 29.6 Å². The van der Waals surface area contributed by atoms with Gasteiger partial charge < -0.3 is 15.7 Å². The van der Waals surface area contributed by atoms with Gasteiger partial charge in [0.15, 0.2) is 0 Å². The van der Waals surface area contributed by atoms with Gasteiger partial charge in [-0.25, -0.2) is 0 Å². The number of amides is 1. The van der Waals surface area contributed by atoms with E-state index in [9.17, 15) is 9.90 Å². The lowest BCUT2D eigenvalue weighted by molar-refractivity contribution is 0.0651. The molecule has 1 heterocycles. The zero-order valence-electron chi connectivity index (χ0n) is 10.9. The lowest BCUT2D eigenvalue weighted by Crippen LogP contribution is -2.50. The third kappa shape index (κ3) is 3.59. The molecule has 5 nitrogen and oxygen atoms in total. The molecule has 2 rings (SSSR count). The fraction of sp³-hybridized carbons (Fsp3) is 0.385. The highest BCUT2D eigenvalue weighted by Gasteiger charge is 2.24. The maximum Gasteiger partial charge on any atom is 0.257 e. The first kappa shape index (κ1) is 15.0. The van der Waals surface area contributed by atoms with Gasteiger partial charge in [-0.2, -0.15) is 0 Å². The zero-order valence-corrected chi connectivity index (χ0v) is 12.5. The molecule has 0 spiro atoms. The summed E-state index contributed by atoms with van der Waals surface area (Å²) in [4.78, 5) is 16.6. The van der Waals surface area contributed by atoms with Crippen molar-refractivity contribution in [3.8, 4) is 5.75 Å². The lowest BCUT2D eigenvalue weighted by Gasteiger charge is -2.34. The number of hydrogen-bond acceptors (Lipinski definition) is 4. The van der Waals surface area contributed by atoms with Crippen molar-refractivity contribution in [2.24, 2.45) is 5.73 Å². The summed E-state index contributed by atoms with van der Waals surface area (Å²) in [6.07, 6.45) is 0. The number of carbonyl (C=O) groups excluding carboxylic acids is 1. The van der Waals surface area contributed by atoms with Crippen molar-refractivity contribution in [1.29, 1.82) is 0 Å². The molecule has 0 aromatic heterocycles. The highest BCUT2D eigenvalue weighted by molar-refractivity contribution is 7.80. The lowest BCUT2D eigenvalue weighted by atomic mass is 10.1. The van der Waals surface area contributed by atoms with Gasteiger partial charge in [0, 0.05) is 37.7 Å². The molecule has 1 aromatic rings. The van der Waals surface area contributed by atoms with E-state index >= 15 is 0 Å². The van der Waals surface area contributed by atoms with Crippen molar-refractivity contribution in [3.63, 3.8) is 0 Å². The largest absolute Gasteiger partial charge is 0.507 e. The van der Waals surface area contributed by atoms with Crippen molar-refractivity contribution in [1.82, 2.24) is 9.80 Å². The fourth-order valence-electron chi connectivity index (χ4n) is 2.18. The van der Waals surface area contributed by atoms with Crippen LogP contribution in [0.5, 0.6) is 5.75 Å². The van der Waals surface area contributed by atoms with Gasteiger partial charge in [0.1, 0.15) is 5.75 Å². The zero-order chi connectivity index (χ0) is 14.7. The van der Waals surface area contributed by atoms with Crippen LogP contribution in [0, 0.1) is 0 Å². The molecular formula is C13H16ClN3O2S. The summed E-state index contributed by atoms with van der Waals surface area (Å²) in [5.41, 5.74) is 5.74. The van der Waals surface area contributed by atoms with Crippen molar-refractivity contribution < 1.29 is 9.90 Å². The molecule has 1 amide bonds. The number of piperazine rings is 1. The maximum absolute atomic E-state index is 12.3. The highest BCUT2D eigenvalue weighted by atomic mass is 35.5. The monoisotopic (exact) mass is 313 g/mol. The van der Waals surface area contributed by atoms with Crippen LogP contribution in [-0.4, -0.2) is 58.5 Å². The predicted molar refractivity (Wildman–Crippen MR) is 82.2 cm³/mol. The molecule has 0 saturated carbocycles. The Kier molecular flexibility index (Phi) is 4.80. The Morgan fingerprint density at radius 3 is 2.60 bits per heavy atom. The summed E-state index contributed by atoms with van der Waals surface area (Å²) in [5, 5.41) is 10.2. The van der Waals surface area contributed by atoms with Crippen LogP contribution in [0.15, 0.2) is 18.2 Å². The third-order valence-electron chi connectivity index (χ3n) is 3.23.